The van der Waals surface area contributed by atoms with Gasteiger partial charge in [-0.3, -0.25) is 0 Å². The molecule has 0 aromatic heterocycles. The summed E-state index contributed by atoms with van der Waals surface area (Å²) in [5.41, 5.74) is -0.0667. The molecule has 1 fully saturated rings. The molecule has 0 unspecified atom stereocenters. The first kappa shape index (κ1) is 13.0. The van der Waals surface area contributed by atoms with E-state index in [0.717, 1.165) is 25.2 Å². The normalized spacial score (nSPS) is 17.4. The van der Waals surface area contributed by atoms with Crippen molar-refractivity contribution < 1.29 is 17.9 Å². The lowest BCUT2D eigenvalue weighted by Crippen LogP contribution is -2.31. The van der Waals surface area contributed by atoms with E-state index in [-0.39, 0.29) is 0 Å². The van der Waals surface area contributed by atoms with E-state index in [1.54, 1.807) is 12.1 Å². The first-order valence-electron chi connectivity index (χ1n) is 5.73. The van der Waals surface area contributed by atoms with Crippen molar-refractivity contribution in [3.63, 3.8) is 0 Å². The van der Waals surface area contributed by atoms with Crippen molar-refractivity contribution in [1.29, 1.82) is 0 Å². The third-order valence-corrected chi connectivity index (χ3v) is 2.74. The average Bonchev–Trinajstić information content (AvgIpc) is 2.37. The number of morpholine rings is 1. The summed E-state index contributed by atoms with van der Waals surface area (Å²) in [6.45, 7) is 2.87. The summed E-state index contributed by atoms with van der Waals surface area (Å²) in [7, 11) is 0. The van der Waals surface area contributed by atoms with Gasteiger partial charge in [0, 0.05) is 13.1 Å². The smallest absolute Gasteiger partial charge is 0.378 e. The Labute approximate surface area is 104 Å². The predicted molar refractivity (Wildman–Crippen MR) is 62.9 cm³/mol. The number of hydrogen-bond donors (Lipinski definition) is 0. The largest absolute Gasteiger partial charge is 0.416 e. The quantitative estimate of drug-likeness (QED) is 0.807. The van der Waals surface area contributed by atoms with Crippen molar-refractivity contribution in [3.05, 3.63) is 41.6 Å². The lowest BCUT2D eigenvalue weighted by molar-refractivity contribution is -0.137. The molecule has 0 radical (unpaired) electrons. The van der Waals surface area contributed by atoms with E-state index in [9.17, 15) is 13.2 Å². The van der Waals surface area contributed by atoms with Gasteiger partial charge in [-0.2, -0.15) is 13.2 Å². The maximum Gasteiger partial charge on any atom is 0.416 e. The van der Waals surface area contributed by atoms with Crippen LogP contribution in [-0.4, -0.2) is 31.2 Å². The molecular weight excluding hydrogens is 243 g/mol. The molecule has 0 aliphatic carbocycles. The highest BCUT2D eigenvalue weighted by Gasteiger charge is 2.30. The molecule has 1 heterocycles. The highest BCUT2D eigenvalue weighted by Crippen LogP contribution is 2.29. The number of ether oxygens (including phenoxy) is 1. The topological polar surface area (TPSA) is 12.5 Å². The Morgan fingerprint density at radius 2 is 1.89 bits per heavy atom. The summed E-state index contributed by atoms with van der Waals surface area (Å²) in [4.78, 5) is 2.03. The van der Waals surface area contributed by atoms with Gasteiger partial charge in [0.15, 0.2) is 0 Å². The zero-order valence-corrected chi connectivity index (χ0v) is 9.78. The fourth-order valence-electron chi connectivity index (χ4n) is 1.74. The Morgan fingerprint density at radius 3 is 2.56 bits per heavy atom. The fraction of sp³-hybridized carbons (Fsp3) is 0.385. The van der Waals surface area contributed by atoms with E-state index in [0.29, 0.717) is 18.8 Å². The maximum atomic E-state index is 12.5. The van der Waals surface area contributed by atoms with Crippen molar-refractivity contribution >= 4 is 6.08 Å². The van der Waals surface area contributed by atoms with Gasteiger partial charge in [-0.15, -0.1) is 0 Å². The van der Waals surface area contributed by atoms with Crippen LogP contribution in [0.5, 0.6) is 0 Å². The SMILES string of the molecule is FC(F)(F)c1cccc(/C=C/N2CCOCC2)c1. The van der Waals surface area contributed by atoms with E-state index in [4.69, 9.17) is 4.74 Å². The summed E-state index contributed by atoms with van der Waals surface area (Å²) in [6, 6.07) is 5.30. The molecule has 0 saturated carbocycles. The fourth-order valence-corrected chi connectivity index (χ4v) is 1.74. The van der Waals surface area contributed by atoms with Gasteiger partial charge in [0.25, 0.3) is 0 Å². The van der Waals surface area contributed by atoms with E-state index in [2.05, 4.69) is 0 Å². The highest BCUT2D eigenvalue weighted by atomic mass is 19.4. The summed E-state index contributed by atoms with van der Waals surface area (Å²) >= 11 is 0. The molecule has 0 N–H and O–H groups in total. The molecule has 2 rings (SSSR count). The van der Waals surface area contributed by atoms with Gasteiger partial charge in [-0.25, -0.2) is 0 Å². The number of halogens is 3. The molecule has 1 aromatic rings. The minimum atomic E-state index is -4.29. The van der Waals surface area contributed by atoms with Crippen LogP contribution in [0.3, 0.4) is 0 Å². The first-order valence-corrected chi connectivity index (χ1v) is 5.73. The van der Waals surface area contributed by atoms with Gasteiger partial charge in [-0.1, -0.05) is 12.1 Å². The van der Waals surface area contributed by atoms with Crippen LogP contribution in [0.1, 0.15) is 11.1 Å². The van der Waals surface area contributed by atoms with E-state index >= 15 is 0 Å². The number of alkyl halides is 3. The second-order valence-corrected chi connectivity index (χ2v) is 4.09. The van der Waals surface area contributed by atoms with Gasteiger partial charge < -0.3 is 9.64 Å². The highest BCUT2D eigenvalue weighted by molar-refractivity contribution is 5.50. The molecule has 98 valence electrons. The molecule has 0 amide bonds. The van der Waals surface area contributed by atoms with Crippen LogP contribution in [0.4, 0.5) is 13.2 Å². The summed E-state index contributed by atoms with van der Waals surface area (Å²) in [5.74, 6) is 0. The Bertz CT molecular complexity index is 422. The molecule has 1 aliphatic heterocycles. The second-order valence-electron chi connectivity index (χ2n) is 4.09. The van der Waals surface area contributed by atoms with Gasteiger partial charge >= 0.3 is 6.18 Å². The van der Waals surface area contributed by atoms with Crippen molar-refractivity contribution in [2.24, 2.45) is 0 Å². The number of benzene rings is 1. The zero-order valence-electron chi connectivity index (χ0n) is 9.78. The van der Waals surface area contributed by atoms with Gasteiger partial charge in [-0.05, 0) is 30.0 Å². The molecule has 1 saturated heterocycles. The third-order valence-electron chi connectivity index (χ3n) is 2.74. The number of rotatable bonds is 2. The molecule has 18 heavy (non-hydrogen) atoms. The zero-order chi connectivity index (χ0) is 13.0. The Morgan fingerprint density at radius 1 is 1.17 bits per heavy atom. The van der Waals surface area contributed by atoms with Gasteiger partial charge in [0.2, 0.25) is 0 Å². The summed E-state index contributed by atoms with van der Waals surface area (Å²) in [5, 5.41) is 0. The minimum absolute atomic E-state index is 0.552. The Kier molecular flexibility index (Phi) is 3.91. The van der Waals surface area contributed by atoms with Crippen LogP contribution in [-0.2, 0) is 10.9 Å². The maximum absolute atomic E-state index is 12.5. The van der Waals surface area contributed by atoms with Gasteiger partial charge in [0.05, 0.1) is 18.8 Å². The summed E-state index contributed by atoms with van der Waals surface area (Å²) < 4.78 is 42.7. The van der Waals surface area contributed by atoms with Crippen LogP contribution in [0.2, 0.25) is 0 Å². The molecule has 1 aliphatic rings. The van der Waals surface area contributed by atoms with Crippen LogP contribution < -0.4 is 0 Å². The third kappa shape index (κ3) is 3.50. The Hall–Kier alpha value is -1.49. The summed E-state index contributed by atoms with van der Waals surface area (Å²) in [6.07, 6.45) is -0.776. The lowest BCUT2D eigenvalue weighted by atomic mass is 10.1. The standard InChI is InChI=1S/C13H14F3NO/c14-13(15,16)12-3-1-2-11(10-12)4-5-17-6-8-18-9-7-17/h1-5,10H,6-9H2/b5-4+. The average molecular weight is 257 g/mol. The molecule has 2 nitrogen and oxygen atoms in total. The van der Waals surface area contributed by atoms with Crippen LogP contribution >= 0.6 is 0 Å². The predicted octanol–water partition coefficient (Wildman–Crippen LogP) is 3.01. The van der Waals surface area contributed by atoms with Crippen molar-refractivity contribution in [2.45, 2.75) is 6.18 Å². The van der Waals surface area contributed by atoms with Crippen LogP contribution in [0, 0.1) is 0 Å². The number of hydrogen-bond acceptors (Lipinski definition) is 2. The monoisotopic (exact) mass is 257 g/mol. The van der Waals surface area contributed by atoms with E-state index in [1.807, 2.05) is 11.1 Å². The molecule has 5 heteroatoms. The minimum Gasteiger partial charge on any atom is -0.378 e. The van der Waals surface area contributed by atoms with Crippen LogP contribution in [0.25, 0.3) is 6.08 Å². The Balaban J connectivity index is 2.07. The van der Waals surface area contributed by atoms with Crippen molar-refractivity contribution in [2.75, 3.05) is 26.3 Å². The van der Waals surface area contributed by atoms with Crippen molar-refractivity contribution in [1.82, 2.24) is 4.90 Å². The molecule has 1 aromatic carbocycles. The molecule has 0 atom stereocenters. The second kappa shape index (κ2) is 5.44. The van der Waals surface area contributed by atoms with E-state index in [1.165, 1.54) is 6.07 Å². The first-order chi connectivity index (χ1) is 8.55. The molecular formula is C13H14F3NO. The van der Waals surface area contributed by atoms with Crippen LogP contribution in [0.15, 0.2) is 30.5 Å². The van der Waals surface area contributed by atoms with Crippen molar-refractivity contribution in [3.8, 4) is 0 Å². The molecule has 0 spiro atoms. The number of nitrogens with zero attached hydrogens (tertiary/aromatic N) is 1. The lowest BCUT2D eigenvalue weighted by Gasteiger charge is -2.25. The van der Waals surface area contributed by atoms with E-state index < -0.39 is 11.7 Å². The van der Waals surface area contributed by atoms with Gasteiger partial charge in [0.1, 0.15) is 0 Å². The molecule has 0 bridgehead atoms.